The second kappa shape index (κ2) is 3.71. The van der Waals surface area contributed by atoms with Crippen LogP contribution in [0.15, 0.2) is 12.2 Å². The topological polar surface area (TPSA) is 0 Å². The Kier molecular flexibility index (Phi) is 3.60. The van der Waals surface area contributed by atoms with E-state index in [1.807, 2.05) is 0 Å². The molecule has 0 radical (unpaired) electrons. The molecule has 0 aliphatic rings. The summed E-state index contributed by atoms with van der Waals surface area (Å²) in [6.45, 7) is 12.8. The van der Waals surface area contributed by atoms with Gasteiger partial charge in [-0.2, -0.15) is 0 Å². The minimum Gasteiger partial charge on any atom is -0.0999 e. The van der Waals surface area contributed by atoms with Gasteiger partial charge in [-0.1, -0.05) is 39.3 Å². The minimum absolute atomic E-state index is 0.690. The highest BCUT2D eigenvalue weighted by atomic mass is 14.1. The summed E-state index contributed by atoms with van der Waals surface area (Å²) in [5.41, 5.74) is 1.31. The van der Waals surface area contributed by atoms with Crippen molar-refractivity contribution in [3.05, 3.63) is 12.2 Å². The van der Waals surface area contributed by atoms with Crippen LogP contribution in [0.25, 0.3) is 0 Å². The molecule has 0 heteroatoms. The predicted octanol–water partition coefficient (Wildman–Crippen LogP) is 3.24. The normalized spacial score (nSPS) is 16.9. The van der Waals surface area contributed by atoms with Crippen LogP contribution < -0.4 is 0 Å². The van der Waals surface area contributed by atoms with Gasteiger partial charge in [-0.15, -0.1) is 0 Å². The molecular weight excluding hydrogens is 108 g/mol. The third kappa shape index (κ3) is 2.69. The van der Waals surface area contributed by atoms with Crippen molar-refractivity contribution in [3.8, 4) is 0 Å². The van der Waals surface area contributed by atoms with Gasteiger partial charge in [-0.05, 0) is 18.8 Å². The largest absolute Gasteiger partial charge is 0.0999 e. The van der Waals surface area contributed by atoms with Crippen molar-refractivity contribution in [1.29, 1.82) is 0 Å². The van der Waals surface area contributed by atoms with Crippen LogP contribution in [-0.2, 0) is 0 Å². The van der Waals surface area contributed by atoms with Gasteiger partial charge in [-0.3, -0.25) is 0 Å². The summed E-state index contributed by atoms with van der Waals surface area (Å²) in [6.07, 6.45) is 1.26. The summed E-state index contributed by atoms with van der Waals surface area (Å²) in [4.78, 5) is 0. The standard InChI is InChI=1S/C9H18/c1-6-8(4)9(5)7(2)3/h8-9H,2,6H2,1,3-5H3/t8-,9+/m0/s1. The fraction of sp³-hybridized carbons (Fsp3) is 0.778. The molecule has 0 aliphatic heterocycles. The highest BCUT2D eigenvalue weighted by Gasteiger charge is 2.09. The zero-order chi connectivity index (χ0) is 7.44. The monoisotopic (exact) mass is 126 g/mol. The second-order valence-corrected chi connectivity index (χ2v) is 3.02. The van der Waals surface area contributed by atoms with Gasteiger partial charge in [0.1, 0.15) is 0 Å². The molecule has 0 aromatic rings. The lowest BCUT2D eigenvalue weighted by Gasteiger charge is -2.17. The molecule has 2 atom stereocenters. The smallest absolute Gasteiger partial charge is 0.0211 e. The Balaban J connectivity index is 3.72. The number of hydrogen-bond donors (Lipinski definition) is 0. The number of allylic oxidation sites excluding steroid dienone is 1. The number of hydrogen-bond acceptors (Lipinski definition) is 0. The molecule has 0 saturated heterocycles. The Bertz CT molecular complexity index is 92.2. The maximum absolute atomic E-state index is 3.92. The Labute approximate surface area is 59.0 Å². The van der Waals surface area contributed by atoms with Gasteiger partial charge in [0.25, 0.3) is 0 Å². The van der Waals surface area contributed by atoms with E-state index in [1.165, 1.54) is 12.0 Å². The molecule has 0 spiro atoms. The van der Waals surface area contributed by atoms with Crippen molar-refractivity contribution in [2.24, 2.45) is 11.8 Å². The third-order valence-corrected chi connectivity index (χ3v) is 2.27. The van der Waals surface area contributed by atoms with E-state index >= 15 is 0 Å². The molecule has 0 saturated carbocycles. The van der Waals surface area contributed by atoms with E-state index in [4.69, 9.17) is 0 Å². The highest BCUT2D eigenvalue weighted by Crippen LogP contribution is 2.20. The Morgan fingerprint density at radius 2 is 1.89 bits per heavy atom. The molecule has 0 rings (SSSR count). The van der Waals surface area contributed by atoms with E-state index in [0.717, 1.165) is 5.92 Å². The van der Waals surface area contributed by atoms with Crippen molar-refractivity contribution < 1.29 is 0 Å². The maximum atomic E-state index is 3.92. The molecule has 0 unspecified atom stereocenters. The van der Waals surface area contributed by atoms with Gasteiger partial charge in [0, 0.05) is 0 Å². The van der Waals surface area contributed by atoms with Crippen LogP contribution in [0.3, 0.4) is 0 Å². The zero-order valence-electron chi connectivity index (χ0n) is 7.07. The van der Waals surface area contributed by atoms with Gasteiger partial charge >= 0.3 is 0 Å². The van der Waals surface area contributed by atoms with Crippen molar-refractivity contribution in [1.82, 2.24) is 0 Å². The molecule has 54 valence electrons. The summed E-state index contributed by atoms with van der Waals surface area (Å²) in [5, 5.41) is 0. The first kappa shape index (κ1) is 8.74. The van der Waals surface area contributed by atoms with Gasteiger partial charge < -0.3 is 0 Å². The average molecular weight is 126 g/mol. The fourth-order valence-corrected chi connectivity index (χ4v) is 0.839. The summed E-state index contributed by atoms with van der Waals surface area (Å²) >= 11 is 0. The SMILES string of the molecule is C=C(C)[C@@H](C)[C@@H](C)CC. The molecule has 0 N–H and O–H groups in total. The van der Waals surface area contributed by atoms with E-state index in [1.54, 1.807) is 0 Å². The Morgan fingerprint density at radius 1 is 1.44 bits per heavy atom. The molecule has 0 amide bonds. The van der Waals surface area contributed by atoms with E-state index in [0.29, 0.717) is 5.92 Å². The van der Waals surface area contributed by atoms with E-state index < -0.39 is 0 Å². The van der Waals surface area contributed by atoms with Gasteiger partial charge in [0.2, 0.25) is 0 Å². The first-order chi connectivity index (χ1) is 4.09. The fourth-order valence-electron chi connectivity index (χ4n) is 0.839. The molecule has 0 fully saturated rings. The predicted molar refractivity (Wildman–Crippen MR) is 43.4 cm³/mol. The molecular formula is C9H18. The van der Waals surface area contributed by atoms with Crippen LogP contribution in [0.1, 0.15) is 34.1 Å². The molecule has 0 aromatic heterocycles. The van der Waals surface area contributed by atoms with Crippen LogP contribution in [-0.4, -0.2) is 0 Å². The van der Waals surface area contributed by atoms with E-state index in [2.05, 4.69) is 34.3 Å². The summed E-state index contributed by atoms with van der Waals surface area (Å²) in [7, 11) is 0. The summed E-state index contributed by atoms with van der Waals surface area (Å²) < 4.78 is 0. The first-order valence-corrected chi connectivity index (χ1v) is 3.75. The van der Waals surface area contributed by atoms with Crippen LogP contribution >= 0.6 is 0 Å². The molecule has 0 heterocycles. The number of rotatable bonds is 3. The molecule has 0 aliphatic carbocycles. The lowest BCUT2D eigenvalue weighted by Crippen LogP contribution is -2.06. The van der Waals surface area contributed by atoms with Gasteiger partial charge in [0.05, 0.1) is 0 Å². The molecule has 9 heavy (non-hydrogen) atoms. The van der Waals surface area contributed by atoms with Crippen LogP contribution in [0.4, 0.5) is 0 Å². The lowest BCUT2D eigenvalue weighted by atomic mass is 9.89. The minimum atomic E-state index is 0.690. The first-order valence-electron chi connectivity index (χ1n) is 3.75. The zero-order valence-corrected chi connectivity index (χ0v) is 7.07. The van der Waals surface area contributed by atoms with Crippen LogP contribution in [0.5, 0.6) is 0 Å². The van der Waals surface area contributed by atoms with Crippen LogP contribution in [0.2, 0.25) is 0 Å². The third-order valence-electron chi connectivity index (χ3n) is 2.27. The van der Waals surface area contributed by atoms with E-state index in [9.17, 15) is 0 Å². The molecule has 0 aromatic carbocycles. The average Bonchev–Trinajstić information content (AvgIpc) is 1.84. The van der Waals surface area contributed by atoms with Crippen molar-refractivity contribution >= 4 is 0 Å². The summed E-state index contributed by atoms with van der Waals surface area (Å²) in [5.74, 6) is 1.48. The second-order valence-electron chi connectivity index (χ2n) is 3.02. The Hall–Kier alpha value is -0.260. The molecule has 0 nitrogen and oxygen atoms in total. The quantitative estimate of drug-likeness (QED) is 0.509. The lowest BCUT2D eigenvalue weighted by molar-refractivity contribution is 0.428. The highest BCUT2D eigenvalue weighted by molar-refractivity contribution is 4.95. The molecule has 0 bridgehead atoms. The Morgan fingerprint density at radius 3 is 2.00 bits per heavy atom. The van der Waals surface area contributed by atoms with Crippen molar-refractivity contribution in [2.75, 3.05) is 0 Å². The van der Waals surface area contributed by atoms with E-state index in [-0.39, 0.29) is 0 Å². The van der Waals surface area contributed by atoms with Gasteiger partial charge in [-0.25, -0.2) is 0 Å². The van der Waals surface area contributed by atoms with Crippen LogP contribution in [0, 0.1) is 11.8 Å². The summed E-state index contributed by atoms with van der Waals surface area (Å²) in [6, 6.07) is 0. The van der Waals surface area contributed by atoms with Crippen molar-refractivity contribution in [2.45, 2.75) is 34.1 Å². The van der Waals surface area contributed by atoms with Crippen molar-refractivity contribution in [3.63, 3.8) is 0 Å². The maximum Gasteiger partial charge on any atom is -0.0211 e. The van der Waals surface area contributed by atoms with Gasteiger partial charge in [0.15, 0.2) is 0 Å².